The maximum Gasteiger partial charge on any atom is 0.315 e. The van der Waals surface area contributed by atoms with Gasteiger partial charge in [-0.25, -0.2) is 9.97 Å². The summed E-state index contributed by atoms with van der Waals surface area (Å²) < 4.78 is 0. The Balaban J connectivity index is 1.42. The first-order valence-corrected chi connectivity index (χ1v) is 12.2. The van der Waals surface area contributed by atoms with Gasteiger partial charge in [0, 0.05) is 57.8 Å². The van der Waals surface area contributed by atoms with Crippen LogP contribution >= 0.6 is 0 Å². The van der Waals surface area contributed by atoms with Crippen LogP contribution in [-0.4, -0.2) is 71.9 Å². The number of rotatable bonds is 7. The highest BCUT2D eigenvalue weighted by Crippen LogP contribution is 2.22. The second-order valence-electron chi connectivity index (χ2n) is 8.60. The first-order chi connectivity index (χ1) is 18.4. The third kappa shape index (κ3) is 6.61. The average Bonchev–Trinajstić information content (AvgIpc) is 2.95. The van der Waals surface area contributed by atoms with Gasteiger partial charge in [0.05, 0.1) is 11.3 Å². The molecule has 0 radical (unpaired) electrons. The Bertz CT molecular complexity index is 1350. The first-order valence-electron chi connectivity index (χ1n) is 12.2. The van der Waals surface area contributed by atoms with E-state index in [0.29, 0.717) is 56.5 Å². The number of carbonyl (C=O) groups is 3. The molecule has 2 heterocycles. The molecule has 1 aliphatic heterocycles. The minimum atomic E-state index is -0.794. The Kier molecular flexibility index (Phi) is 8.46. The number of hydrogen-bond donors (Lipinski definition) is 3. The maximum atomic E-state index is 12.9. The van der Waals surface area contributed by atoms with E-state index in [1.807, 2.05) is 53.4 Å². The van der Waals surface area contributed by atoms with Gasteiger partial charge in [0.1, 0.15) is 17.7 Å². The molecule has 2 aromatic carbocycles. The van der Waals surface area contributed by atoms with Crippen LogP contribution in [0.25, 0.3) is 11.4 Å². The second kappa shape index (κ2) is 12.3. The van der Waals surface area contributed by atoms with E-state index >= 15 is 0 Å². The number of nitriles is 1. The number of amides is 3. The van der Waals surface area contributed by atoms with Crippen LogP contribution in [0.4, 0.5) is 17.3 Å². The molecule has 11 heteroatoms. The van der Waals surface area contributed by atoms with Crippen molar-refractivity contribution in [2.75, 3.05) is 54.8 Å². The highest BCUT2D eigenvalue weighted by molar-refractivity contribution is 6.39. The van der Waals surface area contributed by atoms with E-state index in [4.69, 9.17) is 0 Å². The fourth-order valence-electron chi connectivity index (χ4n) is 4.06. The first kappa shape index (κ1) is 26.1. The molecule has 0 aliphatic carbocycles. The number of nitrogens with zero attached hydrogens (tertiary/aromatic N) is 5. The summed E-state index contributed by atoms with van der Waals surface area (Å²) in [5, 5.41) is 17.8. The molecule has 0 unspecified atom stereocenters. The molecular weight excluding hydrogens is 484 g/mol. The summed E-state index contributed by atoms with van der Waals surface area (Å²) in [6.45, 7) is 3.95. The molecule has 1 aromatic heterocycles. The van der Waals surface area contributed by atoms with Crippen LogP contribution in [0.2, 0.25) is 0 Å². The van der Waals surface area contributed by atoms with Crippen LogP contribution in [0, 0.1) is 11.3 Å². The molecule has 1 saturated heterocycles. The van der Waals surface area contributed by atoms with Crippen molar-refractivity contribution >= 4 is 35.0 Å². The molecule has 11 nitrogen and oxygen atoms in total. The van der Waals surface area contributed by atoms with Crippen molar-refractivity contribution in [2.24, 2.45) is 0 Å². The van der Waals surface area contributed by atoms with Gasteiger partial charge < -0.3 is 25.8 Å². The molecule has 0 spiro atoms. The molecular formula is C27H28N8O3. The van der Waals surface area contributed by atoms with Crippen LogP contribution in [-0.2, 0) is 14.4 Å². The SMILES string of the molecule is CC(=O)NCCNc1cc(NC(=O)C(=O)N2CCN(c3ccccc3C#N)CC2)nc(-c2ccccc2)n1. The molecule has 194 valence electrons. The summed E-state index contributed by atoms with van der Waals surface area (Å²) in [7, 11) is 0. The third-order valence-electron chi connectivity index (χ3n) is 5.93. The van der Waals surface area contributed by atoms with Gasteiger partial charge in [-0.05, 0) is 12.1 Å². The molecule has 3 aromatic rings. The van der Waals surface area contributed by atoms with Gasteiger partial charge in [-0.1, -0.05) is 42.5 Å². The quantitative estimate of drug-likeness (QED) is 0.322. The van der Waals surface area contributed by atoms with E-state index in [2.05, 4.69) is 32.0 Å². The summed E-state index contributed by atoms with van der Waals surface area (Å²) in [6, 6.07) is 20.3. The summed E-state index contributed by atoms with van der Waals surface area (Å²) in [5.41, 5.74) is 2.14. The van der Waals surface area contributed by atoms with Crippen molar-refractivity contribution in [1.29, 1.82) is 5.26 Å². The highest BCUT2D eigenvalue weighted by atomic mass is 16.2. The van der Waals surface area contributed by atoms with Crippen molar-refractivity contribution in [3.8, 4) is 17.5 Å². The molecule has 0 bridgehead atoms. The van der Waals surface area contributed by atoms with Crippen molar-refractivity contribution < 1.29 is 14.4 Å². The summed E-state index contributed by atoms with van der Waals surface area (Å²) in [4.78, 5) is 49.4. The van der Waals surface area contributed by atoms with Crippen molar-refractivity contribution in [3.05, 3.63) is 66.2 Å². The molecule has 0 atom stereocenters. The standard InChI is InChI=1S/C27H28N8O3/c1-19(36)29-11-12-30-23-17-24(32-25(31-23)20-7-3-2-4-8-20)33-26(37)27(38)35-15-13-34(14-16-35)22-10-6-5-9-21(22)18-28/h2-10,17H,11-16H2,1H3,(H,29,36)(H2,30,31,32,33,37). The minimum absolute atomic E-state index is 0.138. The largest absolute Gasteiger partial charge is 0.368 e. The fraction of sp³-hybridized carbons (Fsp3) is 0.259. The van der Waals surface area contributed by atoms with Crippen LogP contribution in [0.15, 0.2) is 60.7 Å². The zero-order valence-electron chi connectivity index (χ0n) is 21.0. The predicted molar refractivity (Wildman–Crippen MR) is 143 cm³/mol. The molecule has 3 N–H and O–H groups in total. The Labute approximate surface area is 220 Å². The molecule has 1 fully saturated rings. The van der Waals surface area contributed by atoms with Gasteiger partial charge in [-0.2, -0.15) is 5.26 Å². The average molecular weight is 513 g/mol. The van der Waals surface area contributed by atoms with Gasteiger partial charge in [-0.15, -0.1) is 0 Å². The minimum Gasteiger partial charge on any atom is -0.368 e. The van der Waals surface area contributed by atoms with E-state index in [9.17, 15) is 19.6 Å². The van der Waals surface area contributed by atoms with Gasteiger partial charge in [-0.3, -0.25) is 14.4 Å². The summed E-state index contributed by atoms with van der Waals surface area (Å²) in [6.07, 6.45) is 0. The number of hydrogen-bond acceptors (Lipinski definition) is 8. The van der Waals surface area contributed by atoms with Crippen LogP contribution in [0.1, 0.15) is 12.5 Å². The number of para-hydroxylation sites is 1. The Morgan fingerprint density at radius 3 is 2.32 bits per heavy atom. The lowest BCUT2D eigenvalue weighted by atomic mass is 10.1. The van der Waals surface area contributed by atoms with Gasteiger partial charge in [0.25, 0.3) is 0 Å². The van der Waals surface area contributed by atoms with Crippen molar-refractivity contribution in [3.63, 3.8) is 0 Å². The van der Waals surface area contributed by atoms with E-state index in [1.165, 1.54) is 11.8 Å². The van der Waals surface area contributed by atoms with Crippen molar-refractivity contribution in [1.82, 2.24) is 20.2 Å². The lowest BCUT2D eigenvalue weighted by molar-refractivity contribution is -0.143. The van der Waals surface area contributed by atoms with E-state index < -0.39 is 11.8 Å². The van der Waals surface area contributed by atoms with Gasteiger partial charge in [0.15, 0.2) is 5.82 Å². The number of nitrogens with one attached hydrogen (secondary N) is 3. The zero-order valence-corrected chi connectivity index (χ0v) is 21.0. The lowest BCUT2D eigenvalue weighted by Gasteiger charge is -2.36. The smallest absolute Gasteiger partial charge is 0.315 e. The highest BCUT2D eigenvalue weighted by Gasteiger charge is 2.27. The normalized spacial score (nSPS) is 12.8. The van der Waals surface area contributed by atoms with E-state index in [1.54, 1.807) is 12.1 Å². The second-order valence-corrected chi connectivity index (χ2v) is 8.60. The fourth-order valence-corrected chi connectivity index (χ4v) is 4.06. The monoisotopic (exact) mass is 512 g/mol. The molecule has 38 heavy (non-hydrogen) atoms. The molecule has 3 amide bonds. The summed E-state index contributed by atoms with van der Waals surface area (Å²) in [5.74, 6) is -0.586. The Hall–Kier alpha value is -4.98. The number of aromatic nitrogens is 2. The van der Waals surface area contributed by atoms with Gasteiger partial charge >= 0.3 is 11.8 Å². The van der Waals surface area contributed by atoms with Crippen LogP contribution in [0.5, 0.6) is 0 Å². The number of anilines is 3. The molecule has 0 saturated carbocycles. The molecule has 1 aliphatic rings. The maximum absolute atomic E-state index is 12.9. The lowest BCUT2D eigenvalue weighted by Crippen LogP contribution is -2.51. The van der Waals surface area contributed by atoms with Gasteiger partial charge in [0.2, 0.25) is 5.91 Å². The van der Waals surface area contributed by atoms with Crippen LogP contribution < -0.4 is 20.9 Å². The van der Waals surface area contributed by atoms with Crippen LogP contribution in [0.3, 0.4) is 0 Å². The summed E-state index contributed by atoms with van der Waals surface area (Å²) >= 11 is 0. The van der Waals surface area contributed by atoms with E-state index in [0.717, 1.165) is 11.3 Å². The molecule has 4 rings (SSSR count). The van der Waals surface area contributed by atoms with E-state index in [-0.39, 0.29) is 11.7 Å². The predicted octanol–water partition coefficient (Wildman–Crippen LogP) is 1.85. The number of piperazine rings is 1. The number of carbonyl (C=O) groups excluding carboxylic acids is 3. The Morgan fingerprint density at radius 1 is 0.921 bits per heavy atom. The third-order valence-corrected chi connectivity index (χ3v) is 5.93. The number of benzene rings is 2. The topological polar surface area (TPSA) is 143 Å². The Morgan fingerprint density at radius 2 is 1.61 bits per heavy atom. The van der Waals surface area contributed by atoms with Crippen molar-refractivity contribution in [2.45, 2.75) is 6.92 Å². The zero-order chi connectivity index (χ0) is 26.9.